The van der Waals surface area contributed by atoms with Gasteiger partial charge in [-0.2, -0.15) is 0 Å². The summed E-state index contributed by atoms with van der Waals surface area (Å²) in [6.45, 7) is 4.17. The minimum absolute atomic E-state index is 0.330. The second-order valence-electron chi connectivity index (χ2n) is 7.38. The van der Waals surface area contributed by atoms with E-state index in [1.165, 1.54) is 17.2 Å². The standard InChI is InChI=1S/C24H19ClFN3/c1-14-10-11-16(12-15(14)2)20-13-22(23-17(25)6-5-7-18(23)26)29-21-9-4-3-8-19(21)27-24(29)28-20/h3-13,22H,1-2H3,(H,27,28)/t22-/m1/s1. The second kappa shape index (κ2) is 6.75. The first kappa shape index (κ1) is 18.0. The first-order chi connectivity index (χ1) is 14.0. The first-order valence-corrected chi connectivity index (χ1v) is 9.88. The van der Waals surface area contributed by atoms with Gasteiger partial charge < -0.3 is 5.32 Å². The third-order valence-corrected chi connectivity index (χ3v) is 5.89. The Hall–Kier alpha value is -3.11. The summed E-state index contributed by atoms with van der Waals surface area (Å²) in [6.07, 6.45) is 2.02. The molecule has 5 heteroatoms. The number of halogens is 2. The number of aromatic nitrogens is 2. The Morgan fingerprint density at radius 1 is 1.00 bits per heavy atom. The highest BCUT2D eigenvalue weighted by atomic mass is 35.5. The molecule has 29 heavy (non-hydrogen) atoms. The molecule has 0 aliphatic carbocycles. The summed E-state index contributed by atoms with van der Waals surface area (Å²) in [4.78, 5) is 4.75. The molecule has 1 atom stereocenters. The predicted octanol–water partition coefficient (Wildman–Crippen LogP) is 6.50. The lowest BCUT2D eigenvalue weighted by Gasteiger charge is -2.27. The molecular formula is C24H19ClFN3. The average molecular weight is 404 g/mol. The van der Waals surface area contributed by atoms with Crippen molar-refractivity contribution in [1.82, 2.24) is 9.55 Å². The maximum Gasteiger partial charge on any atom is 0.209 e. The number of anilines is 1. The van der Waals surface area contributed by atoms with E-state index in [1.807, 2.05) is 34.9 Å². The molecule has 0 spiro atoms. The number of imidazole rings is 1. The number of nitrogens with zero attached hydrogens (tertiary/aromatic N) is 2. The van der Waals surface area contributed by atoms with Gasteiger partial charge in [-0.05, 0) is 66.9 Å². The second-order valence-corrected chi connectivity index (χ2v) is 7.79. The normalized spacial score (nSPS) is 15.7. The Morgan fingerprint density at radius 3 is 2.62 bits per heavy atom. The first-order valence-electron chi connectivity index (χ1n) is 9.50. The van der Waals surface area contributed by atoms with Crippen molar-refractivity contribution in [3.8, 4) is 0 Å². The third kappa shape index (κ3) is 2.91. The summed E-state index contributed by atoms with van der Waals surface area (Å²) in [5, 5.41) is 3.83. The van der Waals surface area contributed by atoms with Crippen LogP contribution in [0, 0.1) is 19.7 Å². The van der Waals surface area contributed by atoms with Gasteiger partial charge in [0.05, 0.1) is 17.1 Å². The molecule has 1 aliphatic rings. The van der Waals surface area contributed by atoms with Crippen molar-refractivity contribution in [1.29, 1.82) is 0 Å². The monoisotopic (exact) mass is 403 g/mol. The van der Waals surface area contributed by atoms with E-state index in [9.17, 15) is 4.39 Å². The highest BCUT2D eigenvalue weighted by Crippen LogP contribution is 2.40. The minimum Gasteiger partial charge on any atom is -0.325 e. The topological polar surface area (TPSA) is 29.9 Å². The van der Waals surface area contributed by atoms with Crippen LogP contribution in [0.15, 0.2) is 66.7 Å². The molecule has 3 nitrogen and oxygen atoms in total. The van der Waals surface area contributed by atoms with Crippen molar-refractivity contribution in [3.63, 3.8) is 0 Å². The maximum absolute atomic E-state index is 14.9. The van der Waals surface area contributed by atoms with Crippen LogP contribution >= 0.6 is 11.6 Å². The molecule has 1 aromatic heterocycles. The number of para-hydroxylation sites is 2. The van der Waals surface area contributed by atoms with Crippen LogP contribution in [-0.4, -0.2) is 9.55 Å². The van der Waals surface area contributed by atoms with E-state index in [0.717, 1.165) is 22.3 Å². The number of fused-ring (bicyclic) bond motifs is 3. The molecular weight excluding hydrogens is 385 g/mol. The molecule has 4 aromatic rings. The van der Waals surface area contributed by atoms with Crippen LogP contribution in [0.1, 0.15) is 28.3 Å². The van der Waals surface area contributed by atoms with Gasteiger partial charge in [0.2, 0.25) is 5.95 Å². The molecule has 1 aliphatic heterocycles. The van der Waals surface area contributed by atoms with Crippen LogP contribution in [0.3, 0.4) is 0 Å². The predicted molar refractivity (Wildman–Crippen MR) is 117 cm³/mol. The molecule has 0 unspecified atom stereocenters. The Balaban J connectivity index is 1.77. The number of hydrogen-bond acceptors (Lipinski definition) is 2. The van der Waals surface area contributed by atoms with Crippen LogP contribution in [-0.2, 0) is 0 Å². The molecule has 1 N–H and O–H groups in total. The van der Waals surface area contributed by atoms with Crippen molar-refractivity contribution >= 4 is 34.3 Å². The molecule has 0 radical (unpaired) electrons. The number of hydrogen-bond donors (Lipinski definition) is 1. The van der Waals surface area contributed by atoms with E-state index in [1.54, 1.807) is 12.1 Å². The lowest BCUT2D eigenvalue weighted by atomic mass is 9.98. The van der Waals surface area contributed by atoms with Crippen molar-refractivity contribution in [2.24, 2.45) is 0 Å². The van der Waals surface area contributed by atoms with Gasteiger partial charge >= 0.3 is 0 Å². The van der Waals surface area contributed by atoms with Gasteiger partial charge in [-0.15, -0.1) is 0 Å². The Labute approximate surface area is 173 Å². The van der Waals surface area contributed by atoms with E-state index in [4.69, 9.17) is 16.6 Å². The van der Waals surface area contributed by atoms with Crippen LogP contribution in [0.2, 0.25) is 5.02 Å². The van der Waals surface area contributed by atoms with E-state index in [-0.39, 0.29) is 5.82 Å². The number of nitrogens with one attached hydrogen (secondary N) is 1. The van der Waals surface area contributed by atoms with Gasteiger partial charge in [-0.25, -0.2) is 9.37 Å². The molecule has 0 saturated heterocycles. The van der Waals surface area contributed by atoms with Crippen LogP contribution < -0.4 is 5.32 Å². The number of benzene rings is 3. The van der Waals surface area contributed by atoms with Gasteiger partial charge in [-0.1, -0.05) is 41.9 Å². The zero-order chi connectivity index (χ0) is 20.1. The molecule has 2 heterocycles. The van der Waals surface area contributed by atoms with Crippen LogP contribution in [0.25, 0.3) is 16.7 Å². The lowest BCUT2D eigenvalue weighted by Crippen LogP contribution is -2.20. The summed E-state index contributed by atoms with van der Waals surface area (Å²) >= 11 is 6.46. The fourth-order valence-corrected chi connectivity index (χ4v) is 4.17. The van der Waals surface area contributed by atoms with Gasteiger partial charge in [0.1, 0.15) is 5.82 Å². The van der Waals surface area contributed by atoms with Gasteiger partial charge in [-0.3, -0.25) is 4.57 Å². The summed E-state index contributed by atoms with van der Waals surface area (Å²) in [5.74, 6) is 0.343. The molecule has 5 rings (SSSR count). The SMILES string of the molecule is Cc1ccc(C2=C[C@H](c3c(F)cccc3Cl)n3c(nc4ccccc43)N2)cc1C. The van der Waals surface area contributed by atoms with Gasteiger partial charge in [0.15, 0.2) is 0 Å². The highest BCUT2D eigenvalue weighted by Gasteiger charge is 2.28. The zero-order valence-electron chi connectivity index (χ0n) is 16.1. The third-order valence-electron chi connectivity index (χ3n) is 5.56. The zero-order valence-corrected chi connectivity index (χ0v) is 16.8. The smallest absolute Gasteiger partial charge is 0.209 e. The van der Waals surface area contributed by atoms with Gasteiger partial charge in [0.25, 0.3) is 0 Å². The Bertz CT molecular complexity index is 1270. The Kier molecular flexibility index (Phi) is 4.18. The average Bonchev–Trinajstić information content (AvgIpc) is 3.08. The number of rotatable bonds is 2. The largest absolute Gasteiger partial charge is 0.325 e. The minimum atomic E-state index is -0.413. The van der Waals surface area contributed by atoms with E-state index in [2.05, 4.69) is 37.4 Å². The van der Waals surface area contributed by atoms with E-state index in [0.29, 0.717) is 16.5 Å². The summed E-state index contributed by atoms with van der Waals surface area (Å²) in [5.41, 5.74) is 6.57. The quantitative estimate of drug-likeness (QED) is 0.414. The van der Waals surface area contributed by atoms with Gasteiger partial charge in [0, 0.05) is 16.3 Å². The molecule has 0 fully saturated rings. The summed E-state index contributed by atoms with van der Waals surface area (Å²) < 4.78 is 16.9. The summed E-state index contributed by atoms with van der Waals surface area (Å²) in [6, 6.07) is 18.5. The fraction of sp³-hybridized carbons (Fsp3) is 0.125. The Morgan fingerprint density at radius 2 is 1.83 bits per heavy atom. The van der Waals surface area contributed by atoms with Crippen molar-refractivity contribution in [3.05, 3.63) is 99.8 Å². The summed E-state index contributed by atoms with van der Waals surface area (Å²) in [7, 11) is 0. The van der Waals surface area contributed by atoms with Crippen LogP contribution in [0.4, 0.5) is 10.3 Å². The van der Waals surface area contributed by atoms with E-state index < -0.39 is 6.04 Å². The number of allylic oxidation sites excluding steroid dienone is 1. The molecule has 144 valence electrons. The van der Waals surface area contributed by atoms with Crippen molar-refractivity contribution in [2.75, 3.05) is 5.32 Å². The molecule has 3 aromatic carbocycles. The fourth-order valence-electron chi connectivity index (χ4n) is 3.89. The van der Waals surface area contributed by atoms with Crippen LogP contribution in [0.5, 0.6) is 0 Å². The highest BCUT2D eigenvalue weighted by molar-refractivity contribution is 6.31. The maximum atomic E-state index is 14.9. The van der Waals surface area contributed by atoms with Crippen molar-refractivity contribution < 1.29 is 4.39 Å². The molecule has 0 saturated carbocycles. The number of aryl methyl sites for hydroxylation is 2. The van der Waals surface area contributed by atoms with E-state index >= 15 is 0 Å². The molecule has 0 amide bonds. The lowest BCUT2D eigenvalue weighted by molar-refractivity contribution is 0.584. The molecule has 0 bridgehead atoms. The van der Waals surface area contributed by atoms with Crippen molar-refractivity contribution in [2.45, 2.75) is 19.9 Å².